The Balaban J connectivity index is 1.18. The maximum absolute atomic E-state index is 11.3. The first-order valence-corrected chi connectivity index (χ1v) is 23.0. The Labute approximate surface area is 394 Å². The molecule has 5 fully saturated rings. The van der Waals surface area contributed by atoms with Crippen molar-refractivity contribution in [2.75, 3.05) is 19.8 Å². The highest BCUT2D eigenvalue weighted by Crippen LogP contribution is 2.35. The van der Waals surface area contributed by atoms with Gasteiger partial charge >= 0.3 is 0 Å². The molecule has 0 aromatic rings. The van der Waals surface area contributed by atoms with Crippen molar-refractivity contribution in [2.45, 2.75) is 221 Å². The van der Waals surface area contributed by atoms with E-state index >= 15 is 0 Å². The van der Waals surface area contributed by atoms with Gasteiger partial charge in [0, 0.05) is 0 Å². The summed E-state index contributed by atoms with van der Waals surface area (Å²) in [5, 5.41) is 146. The second-order valence-electron chi connectivity index (χ2n) is 18.4. The Morgan fingerprint density at radius 3 is 1.31 bits per heavy atom. The molecule has 5 rings (SSSR count). The van der Waals surface area contributed by atoms with Gasteiger partial charge in [-0.15, -0.1) is 0 Å². The second kappa shape index (κ2) is 25.7. The van der Waals surface area contributed by atoms with Crippen molar-refractivity contribution in [1.82, 2.24) is 0 Å². The van der Waals surface area contributed by atoms with Crippen LogP contribution >= 0.6 is 0 Å². The van der Waals surface area contributed by atoms with Crippen molar-refractivity contribution in [3.63, 3.8) is 0 Å². The van der Waals surface area contributed by atoms with E-state index in [1.807, 2.05) is 19.1 Å². The molecule has 68 heavy (non-hydrogen) atoms. The molecule has 0 amide bonds. The Kier molecular flexibility index (Phi) is 21.5. The molecule has 394 valence electrons. The molecule has 0 saturated carbocycles. The average Bonchev–Trinajstić information content (AvgIpc) is 3.31. The van der Waals surface area contributed by atoms with Crippen molar-refractivity contribution < 1.29 is 119 Å². The van der Waals surface area contributed by atoms with E-state index in [2.05, 4.69) is 0 Å². The summed E-state index contributed by atoms with van der Waals surface area (Å²) in [5.41, 5.74) is 2.54. The first kappa shape index (κ1) is 57.0. The summed E-state index contributed by atoms with van der Waals surface area (Å²) >= 11 is 0. The van der Waals surface area contributed by atoms with Gasteiger partial charge in [-0.05, 0) is 72.8 Å². The van der Waals surface area contributed by atoms with Crippen molar-refractivity contribution in [2.24, 2.45) is 0 Å². The van der Waals surface area contributed by atoms with Crippen LogP contribution in [0.15, 0.2) is 35.1 Å². The number of rotatable bonds is 19. The molecule has 0 spiro atoms. The van der Waals surface area contributed by atoms with Gasteiger partial charge in [-0.3, -0.25) is 0 Å². The fourth-order valence-corrected chi connectivity index (χ4v) is 8.34. The highest BCUT2D eigenvalue weighted by atomic mass is 16.8. The zero-order chi connectivity index (χ0) is 50.3. The normalized spacial score (nSPS) is 46.7. The number of hydrogen-bond donors (Lipinski definition) is 14. The number of hydrogen-bond acceptors (Lipinski definition) is 24. The number of allylic oxidation sites excluding steroid dienone is 4. The summed E-state index contributed by atoms with van der Waals surface area (Å²) < 4.78 is 58.0. The summed E-state index contributed by atoms with van der Waals surface area (Å²) in [4.78, 5) is 0. The highest BCUT2D eigenvalue weighted by molar-refractivity contribution is 5.06. The summed E-state index contributed by atoms with van der Waals surface area (Å²) in [6, 6.07) is 0. The molecule has 0 aromatic heterocycles. The standard InChI is InChI=1S/C44H74O24/c1-17(9-7-11-18(2)15-59-43-38(33(55)28(50)23(13-45)64-43)67-41-35(57)31(53)26(48)21(5)62-41)10-8-12-19(3)16-60-44-39(68-42-36(58)32(54)27(49)22(6)63-42)37(29(51)24(14-46)65-44)66-40-34(56)30(52)25(47)20(4)61-40/h10-11,16,20-58H,7-9,12-15H2,1-6H3/b17-10+,18-11-,19-16+/t20-,21-,22-,23-,24-,25+,26-,27+,28-,29-,30-,31-,32-,33+,34-,35-,36-,37+,38-,39-,40+,41+,42+,43-,44-/m1/s1. The molecule has 0 unspecified atom stereocenters. The molecule has 24 nitrogen and oxygen atoms in total. The van der Waals surface area contributed by atoms with E-state index < -0.39 is 167 Å². The van der Waals surface area contributed by atoms with Crippen LogP contribution in [0.2, 0.25) is 0 Å². The average molecular weight is 987 g/mol. The quantitative estimate of drug-likeness (QED) is 0.0429. The molecule has 0 radical (unpaired) electrons. The topological polar surface area (TPSA) is 376 Å². The van der Waals surface area contributed by atoms with Crippen molar-refractivity contribution in [1.29, 1.82) is 0 Å². The third kappa shape index (κ3) is 13.8. The van der Waals surface area contributed by atoms with Crippen LogP contribution < -0.4 is 0 Å². The van der Waals surface area contributed by atoms with Gasteiger partial charge < -0.3 is 119 Å². The summed E-state index contributed by atoms with van der Waals surface area (Å²) in [6.07, 6.45) is -29.5. The molecule has 0 aromatic carbocycles. The molecule has 0 bridgehead atoms. The van der Waals surface area contributed by atoms with Gasteiger partial charge in [0.25, 0.3) is 0 Å². The van der Waals surface area contributed by atoms with Crippen LogP contribution in [0.4, 0.5) is 0 Å². The van der Waals surface area contributed by atoms with Crippen LogP contribution in [-0.4, -0.2) is 245 Å². The Morgan fingerprint density at radius 1 is 0.412 bits per heavy atom. The first-order chi connectivity index (χ1) is 32.1. The van der Waals surface area contributed by atoms with E-state index in [-0.39, 0.29) is 6.61 Å². The fourth-order valence-electron chi connectivity index (χ4n) is 8.34. The van der Waals surface area contributed by atoms with Gasteiger partial charge in [-0.1, -0.05) is 23.3 Å². The molecule has 24 heteroatoms. The number of aliphatic hydroxyl groups excluding tert-OH is 14. The number of ether oxygens (including phenoxy) is 10. The van der Waals surface area contributed by atoms with E-state index in [1.54, 1.807) is 13.8 Å². The van der Waals surface area contributed by atoms with E-state index in [0.717, 1.165) is 11.1 Å². The van der Waals surface area contributed by atoms with E-state index in [9.17, 15) is 71.5 Å². The highest BCUT2D eigenvalue weighted by Gasteiger charge is 2.55. The van der Waals surface area contributed by atoms with Crippen LogP contribution in [0, 0.1) is 0 Å². The lowest BCUT2D eigenvalue weighted by Crippen LogP contribution is -2.66. The summed E-state index contributed by atoms with van der Waals surface area (Å²) in [6.45, 7) is 8.48. The molecule has 25 atom stereocenters. The molecule has 5 saturated heterocycles. The predicted octanol–water partition coefficient (Wildman–Crippen LogP) is -4.47. The Morgan fingerprint density at radius 2 is 0.824 bits per heavy atom. The molecule has 5 aliphatic heterocycles. The molecular weight excluding hydrogens is 912 g/mol. The van der Waals surface area contributed by atoms with Crippen LogP contribution in [0.1, 0.15) is 67.2 Å². The van der Waals surface area contributed by atoms with E-state index in [0.29, 0.717) is 31.3 Å². The minimum atomic E-state index is -1.80. The molecule has 14 N–H and O–H groups in total. The van der Waals surface area contributed by atoms with Crippen molar-refractivity contribution in [3.05, 3.63) is 35.1 Å². The largest absolute Gasteiger partial charge is 0.470 e. The van der Waals surface area contributed by atoms with Crippen molar-refractivity contribution >= 4 is 0 Å². The third-order valence-corrected chi connectivity index (χ3v) is 12.9. The third-order valence-electron chi connectivity index (χ3n) is 12.9. The van der Waals surface area contributed by atoms with Gasteiger partial charge in [0.1, 0.15) is 97.7 Å². The van der Waals surface area contributed by atoms with Crippen molar-refractivity contribution in [3.8, 4) is 0 Å². The van der Waals surface area contributed by atoms with Gasteiger partial charge in [0.15, 0.2) is 31.3 Å². The van der Waals surface area contributed by atoms with Gasteiger partial charge in [0.05, 0.1) is 44.4 Å². The predicted molar refractivity (Wildman–Crippen MR) is 228 cm³/mol. The van der Waals surface area contributed by atoms with Crippen LogP contribution in [0.3, 0.4) is 0 Å². The fraction of sp³-hybridized carbons (Fsp3) is 0.864. The molecular formula is C44H74O24. The maximum atomic E-state index is 11.3. The van der Waals surface area contributed by atoms with Crippen LogP contribution in [0.5, 0.6) is 0 Å². The molecule has 0 aliphatic carbocycles. The maximum Gasteiger partial charge on any atom is 0.228 e. The van der Waals surface area contributed by atoms with E-state index in [1.165, 1.54) is 27.0 Å². The minimum absolute atomic E-state index is 0.00715. The van der Waals surface area contributed by atoms with Crippen LogP contribution in [-0.2, 0) is 47.4 Å². The summed E-state index contributed by atoms with van der Waals surface area (Å²) in [5.74, 6) is 0. The zero-order valence-electron chi connectivity index (χ0n) is 39.0. The van der Waals surface area contributed by atoms with Crippen LogP contribution in [0.25, 0.3) is 0 Å². The first-order valence-electron chi connectivity index (χ1n) is 23.0. The molecule has 5 heterocycles. The minimum Gasteiger partial charge on any atom is -0.470 e. The Bertz CT molecular complexity index is 1640. The monoisotopic (exact) mass is 986 g/mol. The zero-order valence-corrected chi connectivity index (χ0v) is 39.0. The van der Waals surface area contributed by atoms with E-state index in [4.69, 9.17) is 47.4 Å². The smallest absolute Gasteiger partial charge is 0.228 e. The Hall–Kier alpha value is -1.90. The SMILES string of the molecule is C/C(=C/CC/C(C)=C/CC/C(C)=C/O[C@@H]1O[C@H](CO)[C@@H](O)[C@H](O[C@@H]2O[C@H](C)[C@H](O)[C@@H](O)[C@H]2O)[C@H]1O[C@@H]1O[C@H](C)[C@H](O)[C@@H](O)[C@H]1O)CO[C@@H]1O[C@H](CO)[C@@H](O)[C@H](O)[C@H]1O[C@@H]1O[C@H](C)[C@@H](O)[C@@H](O)[C@H]1O. The number of aliphatic hydroxyl groups is 14. The van der Waals surface area contributed by atoms with Gasteiger partial charge in [-0.2, -0.15) is 0 Å². The summed E-state index contributed by atoms with van der Waals surface area (Å²) in [7, 11) is 0. The van der Waals surface area contributed by atoms with Gasteiger partial charge in [-0.25, -0.2) is 0 Å². The lowest BCUT2D eigenvalue weighted by atomic mass is 9.96. The molecule has 5 aliphatic rings. The lowest BCUT2D eigenvalue weighted by molar-refractivity contribution is -0.385. The second-order valence-corrected chi connectivity index (χ2v) is 18.4. The lowest BCUT2D eigenvalue weighted by Gasteiger charge is -2.48. The van der Waals surface area contributed by atoms with Gasteiger partial charge in [0.2, 0.25) is 6.29 Å².